The second kappa shape index (κ2) is 6.66. The summed E-state index contributed by atoms with van der Waals surface area (Å²) >= 11 is 1.22. The van der Waals surface area contributed by atoms with Crippen LogP contribution in [0.1, 0.15) is 21.5 Å². The van der Waals surface area contributed by atoms with E-state index < -0.39 is 10.0 Å². The van der Waals surface area contributed by atoms with Crippen molar-refractivity contribution in [2.45, 2.75) is 18.1 Å². The molecule has 0 bridgehead atoms. The maximum absolute atomic E-state index is 12.6. The van der Waals surface area contributed by atoms with Gasteiger partial charge in [0.05, 0.1) is 0 Å². The van der Waals surface area contributed by atoms with Crippen LogP contribution in [-0.4, -0.2) is 49.7 Å². The second-order valence-corrected chi connectivity index (χ2v) is 9.12. The third kappa shape index (κ3) is 3.38. The van der Waals surface area contributed by atoms with E-state index >= 15 is 0 Å². The zero-order chi connectivity index (χ0) is 17.3. The smallest absolute Gasteiger partial charge is 0.253 e. The summed E-state index contributed by atoms with van der Waals surface area (Å²) in [6.45, 7) is 5.42. The van der Waals surface area contributed by atoms with Crippen LogP contribution in [0.5, 0.6) is 0 Å². The number of sulfonamides is 1. The Bertz CT molecular complexity index is 816. The van der Waals surface area contributed by atoms with Gasteiger partial charge in [-0.15, -0.1) is 11.3 Å². The van der Waals surface area contributed by atoms with E-state index in [4.69, 9.17) is 0 Å². The summed E-state index contributed by atoms with van der Waals surface area (Å²) in [6.07, 6.45) is 0. The molecule has 0 aliphatic carbocycles. The Morgan fingerprint density at radius 3 is 2.21 bits per heavy atom. The van der Waals surface area contributed by atoms with Crippen LogP contribution in [-0.2, 0) is 10.0 Å². The van der Waals surface area contributed by atoms with Crippen molar-refractivity contribution in [2.75, 3.05) is 26.2 Å². The van der Waals surface area contributed by atoms with Gasteiger partial charge in [0.15, 0.2) is 0 Å². The zero-order valence-electron chi connectivity index (χ0n) is 13.7. The van der Waals surface area contributed by atoms with E-state index in [0.717, 1.165) is 11.1 Å². The molecule has 1 aromatic carbocycles. The summed E-state index contributed by atoms with van der Waals surface area (Å²) in [4.78, 5) is 14.4. The molecule has 24 heavy (non-hydrogen) atoms. The first-order valence-electron chi connectivity index (χ1n) is 7.79. The average molecular weight is 364 g/mol. The summed E-state index contributed by atoms with van der Waals surface area (Å²) in [5.74, 6) is -0.0324. The molecule has 0 N–H and O–H groups in total. The molecule has 1 aliphatic rings. The molecule has 1 fully saturated rings. The van der Waals surface area contributed by atoms with E-state index in [-0.39, 0.29) is 5.91 Å². The molecule has 5 nitrogen and oxygen atoms in total. The van der Waals surface area contributed by atoms with Crippen molar-refractivity contribution in [3.05, 3.63) is 52.4 Å². The van der Waals surface area contributed by atoms with Gasteiger partial charge in [-0.3, -0.25) is 4.79 Å². The van der Waals surface area contributed by atoms with Crippen molar-refractivity contribution in [2.24, 2.45) is 0 Å². The van der Waals surface area contributed by atoms with E-state index in [2.05, 4.69) is 0 Å². The maximum atomic E-state index is 12.6. The first-order chi connectivity index (χ1) is 11.4. The molecule has 3 rings (SSSR count). The molecule has 128 valence electrons. The lowest BCUT2D eigenvalue weighted by atomic mass is 10.1. The van der Waals surface area contributed by atoms with E-state index in [1.54, 1.807) is 22.4 Å². The van der Waals surface area contributed by atoms with Gasteiger partial charge in [-0.1, -0.05) is 23.3 Å². The number of thiophene rings is 1. The van der Waals surface area contributed by atoms with Gasteiger partial charge in [0.25, 0.3) is 15.9 Å². The lowest BCUT2D eigenvalue weighted by Crippen LogP contribution is -2.50. The van der Waals surface area contributed by atoms with Crippen LogP contribution >= 0.6 is 11.3 Å². The molecule has 1 saturated heterocycles. The molecule has 1 aliphatic heterocycles. The summed E-state index contributed by atoms with van der Waals surface area (Å²) in [5.41, 5.74) is 2.77. The van der Waals surface area contributed by atoms with E-state index in [9.17, 15) is 13.2 Å². The predicted octanol–water partition coefficient (Wildman–Crippen LogP) is 2.51. The van der Waals surface area contributed by atoms with Gasteiger partial charge in [0.1, 0.15) is 4.21 Å². The van der Waals surface area contributed by atoms with Gasteiger partial charge in [-0.2, -0.15) is 4.31 Å². The fraction of sp³-hybridized carbons (Fsp3) is 0.353. The minimum Gasteiger partial charge on any atom is -0.336 e. The Balaban J connectivity index is 1.70. The molecule has 1 aromatic heterocycles. The average Bonchev–Trinajstić information content (AvgIpc) is 3.08. The predicted molar refractivity (Wildman–Crippen MR) is 94.9 cm³/mol. The molecule has 1 amide bonds. The van der Waals surface area contributed by atoms with Crippen molar-refractivity contribution in [1.29, 1.82) is 0 Å². The standard InChI is InChI=1S/C17H20N2O3S2/c1-13-10-14(2)12-15(11-13)17(20)18-5-7-19(8-6-18)24(21,22)16-4-3-9-23-16/h3-4,9-12H,5-8H2,1-2H3. The highest BCUT2D eigenvalue weighted by molar-refractivity contribution is 7.91. The molecule has 0 radical (unpaired) electrons. The van der Waals surface area contributed by atoms with Gasteiger partial charge in [-0.05, 0) is 37.4 Å². The molecule has 2 heterocycles. The van der Waals surface area contributed by atoms with Crippen LogP contribution in [0.15, 0.2) is 39.9 Å². The number of rotatable bonds is 3. The van der Waals surface area contributed by atoms with Gasteiger partial charge in [0.2, 0.25) is 0 Å². The summed E-state index contributed by atoms with van der Waals surface area (Å²) < 4.78 is 26.9. The quantitative estimate of drug-likeness (QED) is 0.841. The number of amides is 1. The number of piperazine rings is 1. The van der Waals surface area contributed by atoms with Gasteiger partial charge >= 0.3 is 0 Å². The van der Waals surface area contributed by atoms with Crippen LogP contribution in [0.2, 0.25) is 0 Å². The number of benzene rings is 1. The fourth-order valence-corrected chi connectivity index (χ4v) is 5.52. The summed E-state index contributed by atoms with van der Waals surface area (Å²) in [5, 5.41) is 1.76. The number of carbonyl (C=O) groups excluding carboxylic acids is 1. The largest absolute Gasteiger partial charge is 0.336 e. The topological polar surface area (TPSA) is 57.7 Å². The van der Waals surface area contributed by atoms with Gasteiger partial charge < -0.3 is 4.90 Å². The molecular weight excluding hydrogens is 344 g/mol. The van der Waals surface area contributed by atoms with Crippen molar-refractivity contribution >= 4 is 27.3 Å². The summed E-state index contributed by atoms with van der Waals surface area (Å²) in [7, 11) is -3.43. The first kappa shape index (κ1) is 17.1. The Kier molecular flexibility index (Phi) is 4.76. The lowest BCUT2D eigenvalue weighted by Gasteiger charge is -2.33. The van der Waals surface area contributed by atoms with E-state index in [1.165, 1.54) is 15.6 Å². The van der Waals surface area contributed by atoms with Crippen molar-refractivity contribution in [3.8, 4) is 0 Å². The number of aryl methyl sites for hydroxylation is 2. The van der Waals surface area contributed by atoms with Crippen molar-refractivity contribution in [1.82, 2.24) is 9.21 Å². The van der Waals surface area contributed by atoms with E-state index in [1.807, 2.05) is 32.0 Å². The molecule has 0 atom stereocenters. The van der Waals surface area contributed by atoms with Crippen LogP contribution in [0.3, 0.4) is 0 Å². The highest BCUT2D eigenvalue weighted by Gasteiger charge is 2.31. The first-order valence-corrected chi connectivity index (χ1v) is 10.1. The molecule has 2 aromatic rings. The van der Waals surface area contributed by atoms with Crippen molar-refractivity contribution in [3.63, 3.8) is 0 Å². The Morgan fingerprint density at radius 1 is 1.04 bits per heavy atom. The number of carbonyl (C=O) groups is 1. The molecule has 0 spiro atoms. The number of nitrogens with zero attached hydrogens (tertiary/aromatic N) is 2. The molecule has 0 saturated carbocycles. The molecular formula is C17H20N2O3S2. The number of hydrogen-bond acceptors (Lipinski definition) is 4. The monoisotopic (exact) mass is 364 g/mol. The third-order valence-corrected chi connectivity index (χ3v) is 7.36. The minimum atomic E-state index is -3.43. The zero-order valence-corrected chi connectivity index (χ0v) is 15.4. The van der Waals surface area contributed by atoms with Crippen LogP contribution in [0.25, 0.3) is 0 Å². The molecule has 7 heteroatoms. The Morgan fingerprint density at radius 2 is 1.67 bits per heavy atom. The second-order valence-electron chi connectivity index (χ2n) is 6.00. The Hall–Kier alpha value is -1.70. The van der Waals surface area contributed by atoms with Crippen LogP contribution in [0, 0.1) is 13.8 Å². The highest BCUT2D eigenvalue weighted by atomic mass is 32.2. The maximum Gasteiger partial charge on any atom is 0.253 e. The fourth-order valence-electron chi connectivity index (χ4n) is 2.95. The third-order valence-electron chi connectivity index (χ3n) is 4.08. The highest BCUT2D eigenvalue weighted by Crippen LogP contribution is 2.22. The van der Waals surface area contributed by atoms with Crippen LogP contribution < -0.4 is 0 Å². The Labute approximate surface area is 146 Å². The SMILES string of the molecule is Cc1cc(C)cc(C(=O)N2CCN(S(=O)(=O)c3cccs3)CC2)c1. The lowest BCUT2D eigenvalue weighted by molar-refractivity contribution is 0.0698. The number of hydrogen-bond donors (Lipinski definition) is 0. The minimum absolute atomic E-state index is 0.0324. The van der Waals surface area contributed by atoms with Gasteiger partial charge in [-0.25, -0.2) is 8.42 Å². The van der Waals surface area contributed by atoms with Gasteiger partial charge in [0, 0.05) is 31.7 Å². The van der Waals surface area contributed by atoms with Crippen LogP contribution in [0.4, 0.5) is 0 Å². The summed E-state index contributed by atoms with van der Waals surface area (Å²) in [6, 6.07) is 9.14. The van der Waals surface area contributed by atoms with E-state index in [0.29, 0.717) is 36.0 Å². The normalized spacial score (nSPS) is 16.3. The molecule has 0 unspecified atom stereocenters. The van der Waals surface area contributed by atoms with Crippen molar-refractivity contribution < 1.29 is 13.2 Å².